The van der Waals surface area contributed by atoms with Crippen molar-refractivity contribution in [2.24, 2.45) is 0 Å². The third-order valence-electron chi connectivity index (χ3n) is 4.36. The van der Waals surface area contributed by atoms with E-state index in [1.807, 2.05) is 0 Å². The van der Waals surface area contributed by atoms with Crippen molar-refractivity contribution >= 4 is 0 Å². The quantitative estimate of drug-likeness (QED) is 0.692. The van der Waals surface area contributed by atoms with Crippen molar-refractivity contribution in [1.29, 1.82) is 0 Å². The zero-order chi connectivity index (χ0) is 11.9. The van der Waals surface area contributed by atoms with Crippen LogP contribution in [0.4, 0.5) is 0 Å². The number of benzene rings is 1. The molecule has 3 rings (SSSR count). The molecular weight excluding hydrogens is 208 g/mol. The van der Waals surface area contributed by atoms with Gasteiger partial charge in [-0.15, -0.1) is 0 Å². The van der Waals surface area contributed by atoms with Crippen LogP contribution < -0.4 is 4.74 Å². The second kappa shape index (κ2) is 4.04. The molecule has 1 aromatic rings. The Labute approximate surface area is 104 Å². The SMILES string of the molecule is CC(C)c1ccc2c(c1)OC1(CCCCC1)C2. The first-order valence-electron chi connectivity index (χ1n) is 7.00. The lowest BCUT2D eigenvalue weighted by Crippen LogP contribution is -2.36. The lowest BCUT2D eigenvalue weighted by Gasteiger charge is -2.32. The highest BCUT2D eigenvalue weighted by Crippen LogP contribution is 2.44. The molecule has 0 N–H and O–H groups in total. The van der Waals surface area contributed by atoms with Crippen molar-refractivity contribution in [3.05, 3.63) is 29.3 Å². The van der Waals surface area contributed by atoms with Gasteiger partial charge >= 0.3 is 0 Å². The van der Waals surface area contributed by atoms with Crippen LogP contribution in [0.5, 0.6) is 5.75 Å². The Morgan fingerprint density at radius 2 is 1.88 bits per heavy atom. The van der Waals surface area contributed by atoms with Crippen LogP contribution >= 0.6 is 0 Å². The summed E-state index contributed by atoms with van der Waals surface area (Å²) in [6, 6.07) is 6.83. The molecule has 92 valence electrons. The molecule has 1 heteroatoms. The summed E-state index contributed by atoms with van der Waals surface area (Å²) < 4.78 is 6.33. The smallest absolute Gasteiger partial charge is 0.123 e. The van der Waals surface area contributed by atoms with Crippen LogP contribution in [0.2, 0.25) is 0 Å². The summed E-state index contributed by atoms with van der Waals surface area (Å²) in [6.07, 6.45) is 7.70. The van der Waals surface area contributed by atoms with Crippen LogP contribution in [0, 0.1) is 0 Å². The molecule has 0 saturated heterocycles. The predicted octanol–water partition coefficient (Wildman–Crippen LogP) is 4.45. The molecular formula is C16H22O. The molecule has 1 aromatic carbocycles. The summed E-state index contributed by atoms with van der Waals surface area (Å²) in [5.74, 6) is 1.75. The van der Waals surface area contributed by atoms with Crippen molar-refractivity contribution in [2.75, 3.05) is 0 Å². The number of rotatable bonds is 1. The standard InChI is InChI=1S/C16H22O/c1-12(2)13-6-7-14-11-16(17-15(14)10-13)8-4-3-5-9-16/h6-7,10,12H,3-5,8-9,11H2,1-2H3. The van der Waals surface area contributed by atoms with Crippen LogP contribution in [0.15, 0.2) is 18.2 Å². The van der Waals surface area contributed by atoms with E-state index in [9.17, 15) is 0 Å². The normalized spacial score (nSPS) is 21.6. The van der Waals surface area contributed by atoms with Gasteiger partial charge in [-0.1, -0.05) is 32.4 Å². The molecule has 0 unspecified atom stereocenters. The zero-order valence-corrected chi connectivity index (χ0v) is 11.0. The van der Waals surface area contributed by atoms with Crippen LogP contribution in [-0.2, 0) is 6.42 Å². The molecule has 1 fully saturated rings. The Bertz CT molecular complexity index is 414. The van der Waals surface area contributed by atoms with Gasteiger partial charge in [-0.2, -0.15) is 0 Å². The van der Waals surface area contributed by atoms with Gasteiger partial charge in [-0.05, 0) is 48.8 Å². The predicted molar refractivity (Wildman–Crippen MR) is 70.7 cm³/mol. The van der Waals surface area contributed by atoms with E-state index in [4.69, 9.17) is 4.74 Å². The van der Waals surface area contributed by atoms with Gasteiger partial charge in [0.15, 0.2) is 0 Å². The molecule has 0 radical (unpaired) electrons. The molecule has 1 spiro atoms. The summed E-state index contributed by atoms with van der Waals surface area (Å²) in [5, 5.41) is 0. The van der Waals surface area contributed by atoms with Crippen LogP contribution in [0.25, 0.3) is 0 Å². The number of hydrogen-bond donors (Lipinski definition) is 0. The minimum absolute atomic E-state index is 0.163. The first kappa shape index (κ1) is 11.1. The first-order valence-corrected chi connectivity index (χ1v) is 7.00. The lowest BCUT2D eigenvalue weighted by molar-refractivity contribution is 0.0528. The molecule has 1 aliphatic carbocycles. The fourth-order valence-electron chi connectivity index (χ4n) is 3.26. The average molecular weight is 230 g/mol. The third kappa shape index (κ3) is 1.96. The second-order valence-corrected chi connectivity index (χ2v) is 6.04. The van der Waals surface area contributed by atoms with E-state index in [2.05, 4.69) is 32.0 Å². The highest BCUT2D eigenvalue weighted by molar-refractivity contribution is 5.43. The van der Waals surface area contributed by atoms with Crippen molar-refractivity contribution < 1.29 is 4.74 Å². The van der Waals surface area contributed by atoms with E-state index < -0.39 is 0 Å². The van der Waals surface area contributed by atoms with E-state index in [1.54, 1.807) is 0 Å². The molecule has 0 atom stereocenters. The second-order valence-electron chi connectivity index (χ2n) is 6.04. The van der Waals surface area contributed by atoms with Gasteiger partial charge in [-0.3, -0.25) is 0 Å². The maximum Gasteiger partial charge on any atom is 0.123 e. The van der Waals surface area contributed by atoms with Crippen LogP contribution in [0.3, 0.4) is 0 Å². The maximum atomic E-state index is 6.33. The molecule has 1 saturated carbocycles. The van der Waals surface area contributed by atoms with Gasteiger partial charge < -0.3 is 4.74 Å². The monoisotopic (exact) mass is 230 g/mol. The van der Waals surface area contributed by atoms with Gasteiger partial charge in [0.25, 0.3) is 0 Å². The molecule has 0 aromatic heterocycles. The molecule has 1 nitrogen and oxygen atoms in total. The van der Waals surface area contributed by atoms with Crippen molar-refractivity contribution in [3.63, 3.8) is 0 Å². The van der Waals surface area contributed by atoms with Crippen molar-refractivity contribution in [2.45, 2.75) is 63.9 Å². The fourth-order valence-corrected chi connectivity index (χ4v) is 3.26. The van der Waals surface area contributed by atoms with E-state index in [0.29, 0.717) is 5.92 Å². The topological polar surface area (TPSA) is 9.23 Å². The van der Waals surface area contributed by atoms with Gasteiger partial charge in [0, 0.05) is 6.42 Å². The Hall–Kier alpha value is -0.980. The molecule has 0 bridgehead atoms. The van der Waals surface area contributed by atoms with Gasteiger partial charge in [0.05, 0.1) is 0 Å². The summed E-state index contributed by atoms with van der Waals surface area (Å²) in [4.78, 5) is 0. The number of fused-ring (bicyclic) bond motifs is 1. The first-order chi connectivity index (χ1) is 8.19. The molecule has 1 aliphatic heterocycles. The highest BCUT2D eigenvalue weighted by Gasteiger charge is 2.40. The van der Waals surface area contributed by atoms with Gasteiger partial charge in [0.1, 0.15) is 11.4 Å². The Morgan fingerprint density at radius 3 is 2.59 bits per heavy atom. The average Bonchev–Trinajstić information content (AvgIpc) is 2.66. The maximum absolute atomic E-state index is 6.33. The van der Waals surface area contributed by atoms with Crippen LogP contribution in [0.1, 0.15) is 63.0 Å². The number of ether oxygens (including phenoxy) is 1. The molecule has 17 heavy (non-hydrogen) atoms. The zero-order valence-electron chi connectivity index (χ0n) is 11.0. The number of hydrogen-bond acceptors (Lipinski definition) is 1. The summed E-state index contributed by atoms with van der Waals surface area (Å²) in [7, 11) is 0. The summed E-state index contributed by atoms with van der Waals surface area (Å²) in [6.45, 7) is 4.49. The molecule has 1 heterocycles. The Kier molecular flexibility index (Phi) is 2.65. The minimum Gasteiger partial charge on any atom is -0.487 e. The Morgan fingerprint density at radius 1 is 1.12 bits per heavy atom. The fraction of sp³-hybridized carbons (Fsp3) is 0.625. The lowest BCUT2D eigenvalue weighted by atomic mass is 9.82. The van der Waals surface area contributed by atoms with E-state index in [0.717, 1.165) is 12.2 Å². The van der Waals surface area contributed by atoms with E-state index in [1.165, 1.54) is 43.2 Å². The Balaban J connectivity index is 1.87. The largest absolute Gasteiger partial charge is 0.487 e. The summed E-state index contributed by atoms with van der Waals surface area (Å²) in [5.41, 5.74) is 2.99. The molecule has 2 aliphatic rings. The van der Waals surface area contributed by atoms with E-state index in [-0.39, 0.29) is 5.60 Å². The van der Waals surface area contributed by atoms with Crippen molar-refractivity contribution in [3.8, 4) is 5.75 Å². The van der Waals surface area contributed by atoms with Crippen LogP contribution in [-0.4, -0.2) is 5.60 Å². The molecule has 0 amide bonds. The van der Waals surface area contributed by atoms with E-state index >= 15 is 0 Å². The highest BCUT2D eigenvalue weighted by atomic mass is 16.5. The third-order valence-corrected chi connectivity index (χ3v) is 4.36. The van der Waals surface area contributed by atoms with Gasteiger partial charge in [0.2, 0.25) is 0 Å². The van der Waals surface area contributed by atoms with Crippen molar-refractivity contribution in [1.82, 2.24) is 0 Å². The summed E-state index contributed by atoms with van der Waals surface area (Å²) >= 11 is 0. The van der Waals surface area contributed by atoms with Gasteiger partial charge in [-0.25, -0.2) is 0 Å². The minimum atomic E-state index is 0.163.